The number of para-hydroxylation sites is 1. The summed E-state index contributed by atoms with van der Waals surface area (Å²) in [6.45, 7) is 2.13. The number of hydrogen-bond acceptors (Lipinski definition) is 3. The Hall–Kier alpha value is -1.22. The lowest BCUT2D eigenvalue weighted by Gasteiger charge is -2.05. The van der Waals surface area contributed by atoms with Crippen molar-refractivity contribution in [1.29, 1.82) is 0 Å². The van der Waals surface area contributed by atoms with Crippen molar-refractivity contribution in [2.75, 3.05) is 6.61 Å². The van der Waals surface area contributed by atoms with E-state index >= 15 is 0 Å². The Bertz CT molecular complexity index is 350. The fourth-order valence-corrected chi connectivity index (χ4v) is 1.43. The van der Waals surface area contributed by atoms with Gasteiger partial charge in [0.1, 0.15) is 5.75 Å². The molecule has 0 radical (unpaired) electrons. The van der Waals surface area contributed by atoms with Gasteiger partial charge in [0.15, 0.2) is 0 Å². The van der Waals surface area contributed by atoms with E-state index in [1.165, 1.54) is 0 Å². The molecule has 0 bridgehead atoms. The smallest absolute Gasteiger partial charge is 0.306 e. The molecule has 15 heavy (non-hydrogen) atoms. The highest BCUT2D eigenvalue weighted by molar-refractivity contribution is 6.32. The molecule has 1 aromatic rings. The zero-order valence-electron chi connectivity index (χ0n) is 8.50. The van der Waals surface area contributed by atoms with Gasteiger partial charge in [-0.25, -0.2) is 0 Å². The number of rotatable bonds is 4. The molecule has 1 rings (SSSR count). The van der Waals surface area contributed by atoms with Crippen molar-refractivity contribution in [2.24, 2.45) is 0 Å². The minimum absolute atomic E-state index is 0.0449. The van der Waals surface area contributed by atoms with Gasteiger partial charge in [-0.2, -0.15) is 0 Å². The van der Waals surface area contributed by atoms with Gasteiger partial charge in [0.2, 0.25) is 0 Å². The first kappa shape index (κ1) is 11.9. The zero-order chi connectivity index (χ0) is 11.3. The van der Waals surface area contributed by atoms with Gasteiger partial charge < -0.3 is 9.84 Å². The van der Waals surface area contributed by atoms with Crippen molar-refractivity contribution < 1.29 is 14.6 Å². The molecule has 82 valence electrons. The molecule has 0 atom stereocenters. The number of halogens is 1. The maximum Gasteiger partial charge on any atom is 0.306 e. The number of phenolic OH excluding ortho intramolecular Hbond substituents is 1. The number of phenols is 1. The van der Waals surface area contributed by atoms with Crippen LogP contribution in [0.1, 0.15) is 18.9 Å². The Labute approximate surface area is 93.6 Å². The van der Waals surface area contributed by atoms with Gasteiger partial charge in [-0.05, 0) is 25.0 Å². The highest BCUT2D eigenvalue weighted by Crippen LogP contribution is 2.27. The third kappa shape index (κ3) is 3.44. The summed E-state index contributed by atoms with van der Waals surface area (Å²) in [5, 5.41) is 9.86. The first-order valence-corrected chi connectivity index (χ1v) is 5.15. The molecule has 0 heterocycles. The molecule has 4 heteroatoms. The van der Waals surface area contributed by atoms with Crippen LogP contribution in [0.4, 0.5) is 0 Å². The standard InChI is InChI=1S/C11H13ClO3/c1-2-15-10(13)7-6-8-4-3-5-9(12)11(8)14/h3-5,14H,2,6-7H2,1H3. The molecule has 0 unspecified atom stereocenters. The van der Waals surface area contributed by atoms with E-state index in [0.717, 1.165) is 0 Å². The summed E-state index contributed by atoms with van der Waals surface area (Å²) in [5.41, 5.74) is 0.663. The van der Waals surface area contributed by atoms with E-state index in [2.05, 4.69) is 0 Å². The van der Waals surface area contributed by atoms with Crippen LogP contribution in [0.5, 0.6) is 5.75 Å². The minimum atomic E-state index is -0.267. The highest BCUT2D eigenvalue weighted by Gasteiger charge is 2.08. The van der Waals surface area contributed by atoms with Crippen LogP contribution in [0.2, 0.25) is 5.02 Å². The van der Waals surface area contributed by atoms with Gasteiger partial charge in [-0.15, -0.1) is 0 Å². The molecular formula is C11H13ClO3. The van der Waals surface area contributed by atoms with Gasteiger partial charge in [0.05, 0.1) is 11.6 Å². The topological polar surface area (TPSA) is 46.5 Å². The van der Waals surface area contributed by atoms with E-state index in [0.29, 0.717) is 23.6 Å². The molecule has 1 N–H and O–H groups in total. The molecular weight excluding hydrogens is 216 g/mol. The predicted molar refractivity (Wildman–Crippen MR) is 58.1 cm³/mol. The Morgan fingerprint density at radius 3 is 2.93 bits per heavy atom. The molecule has 0 aliphatic rings. The zero-order valence-corrected chi connectivity index (χ0v) is 9.25. The maximum absolute atomic E-state index is 11.1. The van der Waals surface area contributed by atoms with Crippen LogP contribution in [-0.4, -0.2) is 17.7 Å². The average Bonchev–Trinajstić information content (AvgIpc) is 2.21. The Balaban J connectivity index is 2.58. The SMILES string of the molecule is CCOC(=O)CCc1cccc(Cl)c1O. The molecule has 0 amide bonds. The van der Waals surface area contributed by atoms with Crippen LogP contribution in [0.15, 0.2) is 18.2 Å². The van der Waals surface area contributed by atoms with Crippen molar-refractivity contribution >= 4 is 17.6 Å². The third-order valence-corrected chi connectivity index (χ3v) is 2.28. The summed E-state index contributed by atoms with van der Waals surface area (Å²) in [7, 11) is 0. The largest absolute Gasteiger partial charge is 0.506 e. The number of aryl methyl sites for hydroxylation is 1. The summed E-state index contributed by atoms with van der Waals surface area (Å²) in [5.74, 6) is -0.222. The molecule has 0 saturated carbocycles. The number of esters is 1. The van der Waals surface area contributed by atoms with Crippen molar-refractivity contribution in [1.82, 2.24) is 0 Å². The molecule has 3 nitrogen and oxygen atoms in total. The lowest BCUT2D eigenvalue weighted by Crippen LogP contribution is -2.05. The van der Waals surface area contributed by atoms with Crippen molar-refractivity contribution in [3.63, 3.8) is 0 Å². The van der Waals surface area contributed by atoms with Crippen molar-refractivity contribution in [3.05, 3.63) is 28.8 Å². The second kappa shape index (κ2) is 5.61. The van der Waals surface area contributed by atoms with Gasteiger partial charge in [0, 0.05) is 6.42 Å². The highest BCUT2D eigenvalue weighted by atomic mass is 35.5. The Morgan fingerprint density at radius 1 is 1.53 bits per heavy atom. The number of aromatic hydroxyl groups is 1. The monoisotopic (exact) mass is 228 g/mol. The van der Waals surface area contributed by atoms with Crippen LogP contribution in [0, 0.1) is 0 Å². The second-order valence-corrected chi connectivity index (χ2v) is 3.46. The molecule has 0 aliphatic heterocycles. The van der Waals surface area contributed by atoms with Gasteiger partial charge in [0.25, 0.3) is 0 Å². The van der Waals surface area contributed by atoms with E-state index in [1.54, 1.807) is 25.1 Å². The van der Waals surface area contributed by atoms with Crippen LogP contribution in [-0.2, 0) is 16.0 Å². The first-order chi connectivity index (χ1) is 7.15. The van der Waals surface area contributed by atoms with Crippen molar-refractivity contribution in [3.8, 4) is 5.75 Å². The Kier molecular flexibility index (Phi) is 4.43. The summed E-state index contributed by atoms with van der Waals surface area (Å²) >= 11 is 5.72. The molecule has 1 aromatic carbocycles. The van der Waals surface area contributed by atoms with Crippen molar-refractivity contribution in [2.45, 2.75) is 19.8 Å². The number of carbonyl (C=O) groups excluding carboxylic acids is 1. The third-order valence-electron chi connectivity index (χ3n) is 1.97. The molecule has 0 aromatic heterocycles. The van der Waals surface area contributed by atoms with E-state index in [4.69, 9.17) is 16.3 Å². The number of ether oxygens (including phenoxy) is 1. The number of carbonyl (C=O) groups is 1. The second-order valence-electron chi connectivity index (χ2n) is 3.05. The van der Waals surface area contributed by atoms with E-state index < -0.39 is 0 Å². The quantitative estimate of drug-likeness (QED) is 0.806. The molecule has 0 aliphatic carbocycles. The van der Waals surface area contributed by atoms with Crippen LogP contribution in [0.3, 0.4) is 0 Å². The summed E-state index contributed by atoms with van der Waals surface area (Å²) in [4.78, 5) is 11.1. The molecule has 0 spiro atoms. The summed E-state index contributed by atoms with van der Waals surface area (Å²) in [6, 6.07) is 5.08. The summed E-state index contributed by atoms with van der Waals surface area (Å²) < 4.78 is 4.78. The molecule has 0 saturated heterocycles. The average molecular weight is 229 g/mol. The first-order valence-electron chi connectivity index (χ1n) is 4.77. The lowest BCUT2D eigenvalue weighted by atomic mass is 10.1. The normalized spacial score (nSPS) is 10.0. The van der Waals surface area contributed by atoms with E-state index in [1.807, 2.05) is 0 Å². The number of hydrogen-bond donors (Lipinski definition) is 1. The van der Waals surface area contributed by atoms with E-state index in [-0.39, 0.29) is 18.1 Å². The fourth-order valence-electron chi connectivity index (χ4n) is 1.23. The number of benzene rings is 1. The predicted octanol–water partition coefficient (Wildman–Crippen LogP) is 2.54. The maximum atomic E-state index is 11.1. The van der Waals surface area contributed by atoms with Crippen LogP contribution in [0.25, 0.3) is 0 Å². The van der Waals surface area contributed by atoms with Crippen LogP contribution >= 0.6 is 11.6 Å². The fraction of sp³-hybridized carbons (Fsp3) is 0.364. The Morgan fingerprint density at radius 2 is 2.27 bits per heavy atom. The van der Waals surface area contributed by atoms with E-state index in [9.17, 15) is 9.90 Å². The minimum Gasteiger partial charge on any atom is -0.506 e. The van der Waals surface area contributed by atoms with Gasteiger partial charge in [-0.3, -0.25) is 4.79 Å². The van der Waals surface area contributed by atoms with Gasteiger partial charge >= 0.3 is 5.97 Å². The lowest BCUT2D eigenvalue weighted by molar-refractivity contribution is -0.143. The van der Waals surface area contributed by atoms with Gasteiger partial charge in [-0.1, -0.05) is 23.7 Å². The van der Waals surface area contributed by atoms with Crippen LogP contribution < -0.4 is 0 Å². The summed E-state index contributed by atoms with van der Waals surface area (Å²) in [6.07, 6.45) is 0.687. The molecule has 0 fully saturated rings.